The molecule has 5 nitrogen and oxygen atoms in total. The predicted molar refractivity (Wildman–Crippen MR) is 82.6 cm³/mol. The Morgan fingerprint density at radius 2 is 1.71 bits per heavy atom. The van der Waals surface area contributed by atoms with Gasteiger partial charge in [0.2, 0.25) is 0 Å². The van der Waals surface area contributed by atoms with Gasteiger partial charge in [-0.05, 0) is 13.8 Å². The van der Waals surface area contributed by atoms with Crippen LogP contribution in [0.3, 0.4) is 0 Å². The standard InChI is InChI=1S/C16H25N3O2/c1-11(2)15(13-8-6-5-7-9-13)17-10-14(20)19-16(21)18-12(3)4/h5-9,11-12,15,17H,10H2,1-4H3,(H2,18,19,20,21)/p+1/t15-/m1/s1. The van der Waals surface area contributed by atoms with E-state index >= 15 is 0 Å². The quantitative estimate of drug-likeness (QED) is 0.736. The van der Waals surface area contributed by atoms with Gasteiger partial charge in [-0.1, -0.05) is 44.2 Å². The number of nitrogens with two attached hydrogens (primary N) is 1. The van der Waals surface area contributed by atoms with Gasteiger partial charge in [-0.3, -0.25) is 10.1 Å². The van der Waals surface area contributed by atoms with Crippen molar-refractivity contribution < 1.29 is 14.9 Å². The van der Waals surface area contributed by atoms with Crippen LogP contribution in [0.1, 0.15) is 39.3 Å². The van der Waals surface area contributed by atoms with E-state index in [1.54, 1.807) is 0 Å². The molecule has 1 aromatic carbocycles. The van der Waals surface area contributed by atoms with Gasteiger partial charge in [0.15, 0.2) is 6.54 Å². The Bertz CT molecular complexity index is 458. The molecule has 4 N–H and O–H groups in total. The number of imide groups is 1. The number of nitrogens with one attached hydrogen (secondary N) is 2. The molecule has 5 heteroatoms. The van der Waals surface area contributed by atoms with Crippen LogP contribution in [-0.2, 0) is 4.79 Å². The minimum atomic E-state index is -0.441. The number of hydrogen-bond acceptors (Lipinski definition) is 2. The van der Waals surface area contributed by atoms with Crippen LogP contribution in [0.2, 0.25) is 0 Å². The Morgan fingerprint density at radius 3 is 2.24 bits per heavy atom. The number of rotatable bonds is 6. The summed E-state index contributed by atoms with van der Waals surface area (Å²) in [6.07, 6.45) is 0. The molecule has 0 saturated carbocycles. The first-order chi connectivity index (χ1) is 9.90. The molecule has 0 fully saturated rings. The summed E-state index contributed by atoms with van der Waals surface area (Å²) in [5, 5.41) is 6.94. The van der Waals surface area contributed by atoms with Crippen molar-refractivity contribution in [2.75, 3.05) is 6.54 Å². The van der Waals surface area contributed by atoms with Crippen molar-refractivity contribution in [3.8, 4) is 0 Å². The molecule has 1 aromatic rings. The molecule has 0 bridgehead atoms. The van der Waals surface area contributed by atoms with Crippen molar-refractivity contribution in [3.05, 3.63) is 35.9 Å². The van der Waals surface area contributed by atoms with Crippen molar-refractivity contribution in [2.45, 2.75) is 39.8 Å². The summed E-state index contributed by atoms with van der Waals surface area (Å²) in [6.45, 7) is 8.17. The minimum Gasteiger partial charge on any atom is -0.336 e. The molecule has 0 spiro atoms. The minimum absolute atomic E-state index is 0.00881. The zero-order valence-electron chi connectivity index (χ0n) is 13.2. The van der Waals surface area contributed by atoms with Gasteiger partial charge in [0.1, 0.15) is 6.04 Å². The molecular formula is C16H26N3O2+. The number of hydrogen-bond donors (Lipinski definition) is 3. The second kappa shape index (κ2) is 8.42. The largest absolute Gasteiger partial charge is 0.336 e. The van der Waals surface area contributed by atoms with Gasteiger partial charge in [-0.15, -0.1) is 0 Å². The first-order valence-corrected chi connectivity index (χ1v) is 7.38. The lowest BCUT2D eigenvalue weighted by Crippen LogP contribution is -2.88. The maximum absolute atomic E-state index is 11.8. The topological polar surface area (TPSA) is 74.8 Å². The highest BCUT2D eigenvalue weighted by atomic mass is 16.2. The average Bonchev–Trinajstić information content (AvgIpc) is 2.38. The lowest BCUT2D eigenvalue weighted by Gasteiger charge is -2.19. The zero-order valence-corrected chi connectivity index (χ0v) is 13.2. The summed E-state index contributed by atoms with van der Waals surface area (Å²) in [7, 11) is 0. The van der Waals surface area contributed by atoms with E-state index in [0.717, 1.165) is 0 Å². The highest BCUT2D eigenvalue weighted by Crippen LogP contribution is 2.16. The molecule has 3 amide bonds. The molecule has 0 saturated heterocycles. The molecular weight excluding hydrogens is 266 g/mol. The number of benzene rings is 1. The summed E-state index contributed by atoms with van der Waals surface area (Å²) in [6, 6.07) is 9.85. The van der Waals surface area contributed by atoms with Crippen molar-refractivity contribution >= 4 is 11.9 Å². The first-order valence-electron chi connectivity index (χ1n) is 7.38. The van der Waals surface area contributed by atoms with Gasteiger partial charge in [-0.25, -0.2) is 4.79 Å². The fourth-order valence-electron chi connectivity index (χ4n) is 2.18. The van der Waals surface area contributed by atoms with Crippen LogP contribution in [0, 0.1) is 5.92 Å². The SMILES string of the molecule is CC(C)NC(=O)NC(=O)C[NH2+][C@@H](c1ccccc1)C(C)C. The van der Waals surface area contributed by atoms with Crippen molar-refractivity contribution in [1.29, 1.82) is 0 Å². The molecule has 0 aliphatic heterocycles. The molecule has 1 rings (SSSR count). The van der Waals surface area contributed by atoms with E-state index in [1.807, 2.05) is 37.4 Å². The lowest BCUT2D eigenvalue weighted by atomic mass is 9.96. The molecule has 0 aliphatic rings. The Labute approximate surface area is 126 Å². The third-order valence-corrected chi connectivity index (χ3v) is 3.13. The van der Waals surface area contributed by atoms with Crippen molar-refractivity contribution in [3.63, 3.8) is 0 Å². The van der Waals surface area contributed by atoms with Gasteiger partial charge in [0, 0.05) is 17.5 Å². The molecule has 0 aromatic heterocycles. The molecule has 0 radical (unpaired) electrons. The number of urea groups is 1. The Balaban J connectivity index is 2.51. The molecule has 0 unspecified atom stereocenters. The summed E-state index contributed by atoms with van der Waals surface area (Å²) in [5.74, 6) is 0.111. The van der Waals surface area contributed by atoms with E-state index in [0.29, 0.717) is 5.92 Å². The van der Waals surface area contributed by atoms with Gasteiger partial charge in [0.25, 0.3) is 5.91 Å². The number of amides is 3. The Kier molecular flexibility index (Phi) is 6.88. The van der Waals surface area contributed by atoms with Gasteiger partial charge in [0.05, 0.1) is 0 Å². The summed E-state index contributed by atoms with van der Waals surface area (Å²) in [5.41, 5.74) is 1.19. The van der Waals surface area contributed by atoms with Crippen molar-refractivity contribution in [2.24, 2.45) is 5.92 Å². The van der Waals surface area contributed by atoms with Crippen LogP contribution < -0.4 is 16.0 Å². The Hall–Kier alpha value is -1.88. The third kappa shape index (κ3) is 6.40. The highest BCUT2D eigenvalue weighted by Gasteiger charge is 2.20. The summed E-state index contributed by atoms with van der Waals surface area (Å²) >= 11 is 0. The zero-order chi connectivity index (χ0) is 15.8. The summed E-state index contributed by atoms with van der Waals surface area (Å²) < 4.78 is 0. The molecule has 116 valence electrons. The average molecular weight is 292 g/mol. The second-order valence-corrected chi connectivity index (χ2v) is 5.80. The first kappa shape index (κ1) is 17.2. The fraction of sp³-hybridized carbons (Fsp3) is 0.500. The van der Waals surface area contributed by atoms with Crippen LogP contribution in [0.5, 0.6) is 0 Å². The second-order valence-electron chi connectivity index (χ2n) is 5.80. The van der Waals surface area contributed by atoms with E-state index in [4.69, 9.17) is 0 Å². The third-order valence-electron chi connectivity index (χ3n) is 3.13. The van der Waals surface area contributed by atoms with E-state index in [-0.39, 0.29) is 24.5 Å². The van der Waals surface area contributed by atoms with Crippen LogP contribution in [0.15, 0.2) is 30.3 Å². The van der Waals surface area contributed by atoms with Gasteiger partial charge in [-0.2, -0.15) is 0 Å². The monoisotopic (exact) mass is 292 g/mol. The Morgan fingerprint density at radius 1 is 1.10 bits per heavy atom. The summed E-state index contributed by atoms with van der Waals surface area (Å²) in [4.78, 5) is 23.2. The normalized spacial score (nSPS) is 12.3. The van der Waals surface area contributed by atoms with Gasteiger partial charge < -0.3 is 10.6 Å². The van der Waals surface area contributed by atoms with Crippen LogP contribution in [-0.4, -0.2) is 24.5 Å². The smallest absolute Gasteiger partial charge is 0.321 e. The maximum atomic E-state index is 11.8. The van der Waals surface area contributed by atoms with Gasteiger partial charge >= 0.3 is 6.03 Å². The van der Waals surface area contributed by atoms with E-state index < -0.39 is 6.03 Å². The fourth-order valence-corrected chi connectivity index (χ4v) is 2.18. The highest BCUT2D eigenvalue weighted by molar-refractivity contribution is 5.94. The van der Waals surface area contributed by atoms with E-state index in [2.05, 4.69) is 36.6 Å². The van der Waals surface area contributed by atoms with E-state index in [1.165, 1.54) is 5.56 Å². The lowest BCUT2D eigenvalue weighted by molar-refractivity contribution is -0.692. The van der Waals surface area contributed by atoms with Crippen LogP contribution in [0.25, 0.3) is 0 Å². The maximum Gasteiger partial charge on any atom is 0.321 e. The van der Waals surface area contributed by atoms with Crippen molar-refractivity contribution in [1.82, 2.24) is 10.6 Å². The predicted octanol–water partition coefficient (Wildman–Crippen LogP) is 1.18. The number of carbonyl (C=O) groups excluding carboxylic acids is 2. The van der Waals surface area contributed by atoms with E-state index in [9.17, 15) is 9.59 Å². The molecule has 0 aliphatic carbocycles. The molecule has 21 heavy (non-hydrogen) atoms. The molecule has 1 atom stereocenters. The number of carbonyl (C=O) groups is 2. The number of quaternary nitrogens is 1. The van der Waals surface area contributed by atoms with Crippen LogP contribution in [0.4, 0.5) is 4.79 Å². The molecule has 0 heterocycles. The van der Waals surface area contributed by atoms with Crippen LogP contribution >= 0.6 is 0 Å².